The van der Waals surface area contributed by atoms with E-state index >= 15 is 0 Å². The summed E-state index contributed by atoms with van der Waals surface area (Å²) >= 11 is 1.13. The molecule has 1 amide bonds. The number of benzene rings is 2. The Balaban J connectivity index is 1.99. The van der Waals surface area contributed by atoms with Crippen LogP contribution in [0.15, 0.2) is 52.4 Å². The van der Waals surface area contributed by atoms with E-state index in [0.717, 1.165) is 24.2 Å². The number of hydrogen-bond acceptors (Lipinski definition) is 8. The molecule has 0 fully saturated rings. The number of hydrogen-bond donors (Lipinski definition) is 0. The zero-order chi connectivity index (χ0) is 27.9. The van der Waals surface area contributed by atoms with Crippen molar-refractivity contribution in [2.24, 2.45) is 4.99 Å². The molecule has 0 aliphatic rings. The number of thiazole rings is 1. The third kappa shape index (κ3) is 6.74. The molecule has 2 aromatic carbocycles. The number of ether oxygens (including phenoxy) is 2. The molecule has 0 bridgehead atoms. The van der Waals surface area contributed by atoms with Gasteiger partial charge in [-0.3, -0.25) is 9.59 Å². The molecule has 0 unspecified atom stereocenters. The number of fused-ring (bicyclic) bond motifs is 1. The molecular weight excluding hydrogens is 530 g/mol. The van der Waals surface area contributed by atoms with Crippen LogP contribution < -0.4 is 4.80 Å². The lowest BCUT2D eigenvalue weighted by molar-refractivity contribution is -0.143. The SMILES string of the molecule is CCCCN(C)S(=O)(=O)c1ccc(C(=O)N=c2sc3cc(C(=O)OCC)ccc3n2CC(=O)OCC)cc1. The minimum Gasteiger partial charge on any atom is -0.465 e. The molecule has 3 aromatic rings. The second-order valence-corrected chi connectivity index (χ2v) is 11.4. The molecule has 0 aliphatic heterocycles. The minimum absolute atomic E-state index is 0.0818. The van der Waals surface area contributed by atoms with Crippen molar-refractivity contribution in [1.82, 2.24) is 8.87 Å². The Hall–Kier alpha value is -3.35. The molecule has 38 heavy (non-hydrogen) atoms. The fraction of sp³-hybridized carbons (Fsp3) is 0.385. The van der Waals surface area contributed by atoms with E-state index < -0.39 is 27.9 Å². The topological polar surface area (TPSA) is 124 Å². The number of carbonyl (C=O) groups excluding carboxylic acids is 3. The fourth-order valence-corrected chi connectivity index (χ4v) is 5.87. The molecule has 0 saturated heterocycles. The minimum atomic E-state index is -3.67. The molecule has 0 spiro atoms. The molecule has 3 rings (SSSR count). The molecular formula is C26H31N3O7S2. The maximum Gasteiger partial charge on any atom is 0.338 e. The Labute approximate surface area is 225 Å². The van der Waals surface area contributed by atoms with Gasteiger partial charge in [-0.1, -0.05) is 24.7 Å². The number of aromatic nitrogens is 1. The second-order valence-electron chi connectivity index (χ2n) is 8.30. The van der Waals surface area contributed by atoms with Crippen LogP contribution in [0.4, 0.5) is 0 Å². The molecule has 12 heteroatoms. The van der Waals surface area contributed by atoms with Gasteiger partial charge in [0.25, 0.3) is 5.91 Å². The highest BCUT2D eigenvalue weighted by atomic mass is 32.2. The van der Waals surface area contributed by atoms with Crippen molar-refractivity contribution in [3.8, 4) is 0 Å². The Morgan fingerprint density at radius 2 is 1.63 bits per heavy atom. The highest BCUT2D eigenvalue weighted by molar-refractivity contribution is 7.89. The van der Waals surface area contributed by atoms with Gasteiger partial charge in [0.15, 0.2) is 4.80 Å². The van der Waals surface area contributed by atoms with E-state index in [2.05, 4.69) is 4.99 Å². The largest absolute Gasteiger partial charge is 0.465 e. The van der Waals surface area contributed by atoms with Gasteiger partial charge in [0.1, 0.15) is 6.54 Å². The zero-order valence-electron chi connectivity index (χ0n) is 21.8. The van der Waals surface area contributed by atoms with Crippen LogP contribution in [0.1, 0.15) is 54.3 Å². The van der Waals surface area contributed by atoms with Crippen molar-refractivity contribution in [1.29, 1.82) is 0 Å². The average Bonchev–Trinajstić information content (AvgIpc) is 3.23. The van der Waals surface area contributed by atoms with Gasteiger partial charge in [-0.15, -0.1) is 0 Å². The van der Waals surface area contributed by atoms with Crippen molar-refractivity contribution in [3.05, 3.63) is 58.4 Å². The molecule has 1 heterocycles. The Kier molecular flexibility index (Phi) is 9.95. The first-order valence-electron chi connectivity index (χ1n) is 12.2. The van der Waals surface area contributed by atoms with Crippen LogP contribution in [0.25, 0.3) is 10.2 Å². The predicted molar refractivity (Wildman–Crippen MR) is 143 cm³/mol. The molecule has 0 aliphatic carbocycles. The summed E-state index contributed by atoms with van der Waals surface area (Å²) in [6.45, 7) is 6.04. The first-order chi connectivity index (χ1) is 18.1. The van der Waals surface area contributed by atoms with Gasteiger partial charge < -0.3 is 14.0 Å². The van der Waals surface area contributed by atoms with Crippen LogP contribution in [-0.2, 0) is 30.8 Å². The number of carbonyl (C=O) groups is 3. The van der Waals surface area contributed by atoms with Crippen LogP contribution >= 0.6 is 11.3 Å². The van der Waals surface area contributed by atoms with Gasteiger partial charge in [-0.05, 0) is 62.7 Å². The van der Waals surface area contributed by atoms with E-state index in [1.54, 1.807) is 36.6 Å². The van der Waals surface area contributed by atoms with Gasteiger partial charge in [-0.25, -0.2) is 17.5 Å². The number of esters is 2. The van der Waals surface area contributed by atoms with E-state index in [1.807, 2.05) is 6.92 Å². The molecule has 10 nitrogen and oxygen atoms in total. The van der Waals surface area contributed by atoms with Crippen LogP contribution in [0.5, 0.6) is 0 Å². The first kappa shape index (κ1) is 29.2. The van der Waals surface area contributed by atoms with Gasteiger partial charge in [0.05, 0.1) is 33.9 Å². The lowest BCUT2D eigenvalue weighted by Gasteiger charge is -2.16. The Morgan fingerprint density at radius 3 is 2.26 bits per heavy atom. The van der Waals surface area contributed by atoms with E-state index in [9.17, 15) is 22.8 Å². The highest BCUT2D eigenvalue weighted by Crippen LogP contribution is 2.21. The first-order valence-corrected chi connectivity index (χ1v) is 14.5. The lowest BCUT2D eigenvalue weighted by Crippen LogP contribution is -2.27. The maximum atomic E-state index is 13.0. The van der Waals surface area contributed by atoms with Crippen molar-refractivity contribution in [3.63, 3.8) is 0 Å². The van der Waals surface area contributed by atoms with Crippen LogP contribution in [-0.4, -0.2) is 61.9 Å². The summed E-state index contributed by atoms with van der Waals surface area (Å²) in [5.41, 5.74) is 1.12. The van der Waals surface area contributed by atoms with Crippen LogP contribution in [0, 0.1) is 0 Å². The van der Waals surface area contributed by atoms with E-state index in [1.165, 1.54) is 35.6 Å². The fourth-order valence-electron chi connectivity index (χ4n) is 3.59. The van der Waals surface area contributed by atoms with E-state index in [0.29, 0.717) is 22.3 Å². The monoisotopic (exact) mass is 561 g/mol. The van der Waals surface area contributed by atoms with E-state index in [-0.39, 0.29) is 35.0 Å². The van der Waals surface area contributed by atoms with Crippen molar-refractivity contribution in [2.75, 3.05) is 26.8 Å². The number of sulfonamides is 1. The number of rotatable bonds is 11. The van der Waals surface area contributed by atoms with Gasteiger partial charge in [0.2, 0.25) is 10.0 Å². The predicted octanol–water partition coefficient (Wildman–Crippen LogP) is 3.60. The van der Waals surface area contributed by atoms with Crippen molar-refractivity contribution >= 4 is 49.4 Å². The van der Waals surface area contributed by atoms with Crippen LogP contribution in [0.3, 0.4) is 0 Å². The summed E-state index contributed by atoms with van der Waals surface area (Å²) in [5, 5.41) is 0. The van der Waals surface area contributed by atoms with Gasteiger partial charge in [0, 0.05) is 19.2 Å². The summed E-state index contributed by atoms with van der Waals surface area (Å²) in [6.07, 6.45) is 1.61. The Bertz CT molecular complexity index is 1490. The number of unbranched alkanes of at least 4 members (excludes halogenated alkanes) is 1. The summed E-state index contributed by atoms with van der Waals surface area (Å²) in [4.78, 5) is 42.0. The molecule has 0 N–H and O–H groups in total. The van der Waals surface area contributed by atoms with Gasteiger partial charge >= 0.3 is 11.9 Å². The molecule has 0 radical (unpaired) electrons. The standard InChI is InChI=1S/C26H31N3O7S2/c1-5-8-15-28(4)38(33,34)20-12-9-18(10-13-20)24(31)27-26-29(17-23(30)35-6-2)21-14-11-19(16-22(21)37-26)25(32)36-7-3/h9-14,16H,5-8,15,17H2,1-4H3. The van der Waals surface area contributed by atoms with Gasteiger partial charge in [-0.2, -0.15) is 4.99 Å². The molecule has 204 valence electrons. The smallest absolute Gasteiger partial charge is 0.338 e. The van der Waals surface area contributed by atoms with Crippen LogP contribution in [0.2, 0.25) is 0 Å². The summed E-state index contributed by atoms with van der Waals surface area (Å²) in [6, 6.07) is 10.4. The van der Waals surface area contributed by atoms with Crippen molar-refractivity contribution in [2.45, 2.75) is 45.1 Å². The van der Waals surface area contributed by atoms with Crippen molar-refractivity contribution < 1.29 is 32.3 Å². The summed E-state index contributed by atoms with van der Waals surface area (Å²) in [5.74, 6) is -1.59. The molecule has 0 saturated carbocycles. The zero-order valence-corrected chi connectivity index (χ0v) is 23.4. The molecule has 1 aromatic heterocycles. The second kappa shape index (κ2) is 12.9. The van der Waals surface area contributed by atoms with E-state index in [4.69, 9.17) is 9.47 Å². The average molecular weight is 562 g/mol. The lowest BCUT2D eigenvalue weighted by atomic mass is 10.2. The third-order valence-electron chi connectivity index (χ3n) is 5.62. The third-order valence-corrected chi connectivity index (χ3v) is 8.53. The summed E-state index contributed by atoms with van der Waals surface area (Å²) < 4.78 is 39.1. The Morgan fingerprint density at radius 1 is 0.974 bits per heavy atom. The molecule has 0 atom stereocenters. The summed E-state index contributed by atoms with van der Waals surface area (Å²) in [7, 11) is -2.15. The number of amides is 1. The maximum absolute atomic E-state index is 13.0. The normalized spacial score (nSPS) is 12.2. The highest BCUT2D eigenvalue weighted by Gasteiger charge is 2.21. The quantitative estimate of drug-likeness (QED) is 0.328. The number of nitrogens with zero attached hydrogens (tertiary/aromatic N) is 3.